The summed E-state index contributed by atoms with van der Waals surface area (Å²) in [6, 6.07) is 11.9. The molecule has 2 aromatic rings. The zero-order chi connectivity index (χ0) is 19.6. The number of guanidine groups is 1. The fraction of sp³-hybridized carbons (Fsp3) is 0.455. The van der Waals surface area contributed by atoms with Crippen molar-refractivity contribution in [2.75, 3.05) is 13.7 Å². The maximum Gasteiger partial charge on any atom is 0.213 e. The molecule has 0 unspecified atom stereocenters. The average Bonchev–Trinajstić information content (AvgIpc) is 2.74. The third-order valence-electron chi connectivity index (χ3n) is 4.95. The number of rotatable bonds is 8. The molecule has 3 rings (SSSR count). The molecule has 0 saturated heterocycles. The monoisotopic (exact) mass is 382 g/mol. The van der Waals surface area contributed by atoms with Crippen LogP contribution >= 0.6 is 0 Å². The predicted octanol–water partition coefficient (Wildman–Crippen LogP) is 3.45. The maximum atomic E-state index is 6.02. The number of ether oxygens (including phenoxy) is 2. The molecule has 1 aliphatic carbocycles. The number of nitrogens with one attached hydrogen (secondary N) is 1. The van der Waals surface area contributed by atoms with Gasteiger partial charge in [0.05, 0.1) is 13.7 Å². The van der Waals surface area contributed by atoms with E-state index in [-0.39, 0.29) is 0 Å². The molecular formula is C22H30N4O2. The topological polar surface area (TPSA) is 81.8 Å². The summed E-state index contributed by atoms with van der Waals surface area (Å²) >= 11 is 0. The summed E-state index contributed by atoms with van der Waals surface area (Å²) in [6.45, 7) is 1.24. The molecule has 3 N–H and O–H groups in total. The Balaban J connectivity index is 1.43. The molecule has 6 nitrogen and oxygen atoms in total. The molecule has 0 atom stereocenters. The zero-order valence-corrected chi connectivity index (χ0v) is 16.6. The Morgan fingerprint density at radius 2 is 1.93 bits per heavy atom. The molecule has 0 aliphatic heterocycles. The van der Waals surface area contributed by atoms with Crippen molar-refractivity contribution >= 4 is 5.96 Å². The van der Waals surface area contributed by atoms with E-state index in [0.717, 1.165) is 37.1 Å². The van der Waals surface area contributed by atoms with Crippen molar-refractivity contribution in [1.29, 1.82) is 0 Å². The summed E-state index contributed by atoms with van der Waals surface area (Å²) in [5.41, 5.74) is 8.26. The maximum absolute atomic E-state index is 6.02. The van der Waals surface area contributed by atoms with E-state index in [4.69, 9.17) is 15.2 Å². The van der Waals surface area contributed by atoms with Gasteiger partial charge in [-0.15, -0.1) is 0 Å². The van der Waals surface area contributed by atoms with Crippen LogP contribution < -0.4 is 20.5 Å². The van der Waals surface area contributed by atoms with Gasteiger partial charge in [-0.1, -0.05) is 18.6 Å². The molecule has 1 aromatic heterocycles. The van der Waals surface area contributed by atoms with E-state index in [1.807, 2.05) is 24.3 Å². The molecule has 0 radical (unpaired) electrons. The first-order valence-electron chi connectivity index (χ1n) is 10.0. The Labute approximate surface area is 167 Å². The SMILES string of the molecule is COc1ccc(CCNC(N)=NCc2ccnc(OC3CCCCC3)c2)cc1. The molecular weight excluding hydrogens is 352 g/mol. The third kappa shape index (κ3) is 6.44. The molecule has 1 saturated carbocycles. The molecule has 1 heterocycles. The van der Waals surface area contributed by atoms with Crippen LogP contribution in [0.5, 0.6) is 11.6 Å². The summed E-state index contributed by atoms with van der Waals surface area (Å²) < 4.78 is 11.2. The van der Waals surface area contributed by atoms with Gasteiger partial charge in [0.25, 0.3) is 0 Å². The molecule has 0 amide bonds. The standard InChI is InChI=1S/C22H30N4O2/c1-27-19-9-7-17(8-10-19)11-14-25-22(23)26-16-18-12-13-24-21(15-18)28-20-5-3-2-4-6-20/h7-10,12-13,15,20H,2-6,11,14,16H2,1H3,(H3,23,25,26). The van der Waals surface area contributed by atoms with Crippen molar-refractivity contribution in [3.8, 4) is 11.6 Å². The Kier molecular flexibility index (Phi) is 7.53. The van der Waals surface area contributed by atoms with Crippen molar-refractivity contribution in [3.63, 3.8) is 0 Å². The Hall–Kier alpha value is -2.76. The van der Waals surface area contributed by atoms with Gasteiger partial charge in [0.1, 0.15) is 11.9 Å². The van der Waals surface area contributed by atoms with Gasteiger partial charge < -0.3 is 20.5 Å². The molecule has 28 heavy (non-hydrogen) atoms. The van der Waals surface area contributed by atoms with Crippen LogP contribution in [-0.2, 0) is 13.0 Å². The van der Waals surface area contributed by atoms with Gasteiger partial charge in [0, 0.05) is 18.8 Å². The van der Waals surface area contributed by atoms with E-state index in [2.05, 4.69) is 27.4 Å². The second-order valence-corrected chi connectivity index (χ2v) is 7.11. The van der Waals surface area contributed by atoms with Crippen LogP contribution in [0.15, 0.2) is 47.6 Å². The van der Waals surface area contributed by atoms with Crippen LogP contribution in [0.25, 0.3) is 0 Å². The number of methoxy groups -OCH3 is 1. The largest absolute Gasteiger partial charge is 0.497 e. The molecule has 1 aliphatic rings. The minimum absolute atomic E-state index is 0.296. The van der Waals surface area contributed by atoms with Gasteiger partial charge >= 0.3 is 0 Å². The Bertz CT molecular complexity index is 755. The zero-order valence-electron chi connectivity index (χ0n) is 16.6. The second kappa shape index (κ2) is 10.5. The highest BCUT2D eigenvalue weighted by Crippen LogP contribution is 2.22. The lowest BCUT2D eigenvalue weighted by Gasteiger charge is -2.22. The van der Waals surface area contributed by atoms with E-state index in [0.29, 0.717) is 24.5 Å². The van der Waals surface area contributed by atoms with E-state index in [1.54, 1.807) is 13.3 Å². The first kappa shape index (κ1) is 20.0. The first-order valence-corrected chi connectivity index (χ1v) is 10.0. The fourth-order valence-corrected chi connectivity index (χ4v) is 3.33. The molecule has 1 aromatic carbocycles. The van der Waals surface area contributed by atoms with E-state index >= 15 is 0 Å². The van der Waals surface area contributed by atoms with Gasteiger partial charge in [-0.25, -0.2) is 9.98 Å². The van der Waals surface area contributed by atoms with E-state index < -0.39 is 0 Å². The molecule has 0 spiro atoms. The van der Waals surface area contributed by atoms with Crippen LogP contribution in [0.2, 0.25) is 0 Å². The van der Waals surface area contributed by atoms with E-state index in [1.165, 1.54) is 24.8 Å². The van der Waals surface area contributed by atoms with Crippen molar-refractivity contribution in [3.05, 3.63) is 53.7 Å². The predicted molar refractivity (Wildman–Crippen MR) is 112 cm³/mol. The Morgan fingerprint density at radius 1 is 1.14 bits per heavy atom. The first-order chi connectivity index (χ1) is 13.7. The summed E-state index contributed by atoms with van der Waals surface area (Å²) in [5, 5.41) is 3.16. The smallest absolute Gasteiger partial charge is 0.213 e. The van der Waals surface area contributed by atoms with Gasteiger partial charge in [0.2, 0.25) is 5.88 Å². The fourth-order valence-electron chi connectivity index (χ4n) is 3.33. The number of aliphatic imine (C=N–C) groups is 1. The lowest BCUT2D eigenvalue weighted by Crippen LogP contribution is -2.33. The summed E-state index contributed by atoms with van der Waals surface area (Å²) in [4.78, 5) is 8.75. The van der Waals surface area contributed by atoms with Crippen molar-refractivity contribution in [2.45, 2.75) is 51.2 Å². The molecule has 1 fully saturated rings. The van der Waals surface area contributed by atoms with Gasteiger partial charge in [-0.3, -0.25) is 0 Å². The van der Waals surface area contributed by atoms with E-state index in [9.17, 15) is 0 Å². The van der Waals surface area contributed by atoms with Crippen LogP contribution in [-0.4, -0.2) is 30.7 Å². The van der Waals surface area contributed by atoms with Gasteiger partial charge in [-0.2, -0.15) is 0 Å². The highest BCUT2D eigenvalue weighted by molar-refractivity contribution is 5.77. The molecule has 150 valence electrons. The normalized spacial score (nSPS) is 15.2. The number of nitrogens with zero attached hydrogens (tertiary/aromatic N) is 2. The molecule has 6 heteroatoms. The minimum atomic E-state index is 0.296. The number of hydrogen-bond donors (Lipinski definition) is 2. The van der Waals surface area contributed by atoms with Crippen molar-refractivity contribution in [1.82, 2.24) is 10.3 Å². The van der Waals surface area contributed by atoms with Crippen molar-refractivity contribution < 1.29 is 9.47 Å². The summed E-state index contributed by atoms with van der Waals surface area (Å²) in [6.07, 6.45) is 8.98. The minimum Gasteiger partial charge on any atom is -0.497 e. The number of hydrogen-bond acceptors (Lipinski definition) is 4. The number of aromatic nitrogens is 1. The van der Waals surface area contributed by atoms with Crippen LogP contribution in [0.1, 0.15) is 43.2 Å². The Morgan fingerprint density at radius 3 is 2.68 bits per heavy atom. The molecule has 0 bridgehead atoms. The van der Waals surface area contributed by atoms with Crippen LogP contribution in [0.3, 0.4) is 0 Å². The number of benzene rings is 1. The van der Waals surface area contributed by atoms with Gasteiger partial charge in [-0.05, 0) is 61.4 Å². The van der Waals surface area contributed by atoms with Crippen molar-refractivity contribution in [2.24, 2.45) is 10.7 Å². The summed E-state index contributed by atoms with van der Waals surface area (Å²) in [7, 11) is 1.67. The van der Waals surface area contributed by atoms with Gasteiger partial charge in [0.15, 0.2) is 5.96 Å². The lowest BCUT2D eigenvalue weighted by molar-refractivity contribution is 0.148. The summed E-state index contributed by atoms with van der Waals surface area (Å²) in [5.74, 6) is 1.99. The highest BCUT2D eigenvalue weighted by Gasteiger charge is 2.15. The second-order valence-electron chi connectivity index (χ2n) is 7.11. The van der Waals surface area contributed by atoms with Crippen LogP contribution in [0, 0.1) is 0 Å². The lowest BCUT2D eigenvalue weighted by atomic mass is 9.98. The quantitative estimate of drug-likeness (QED) is 0.540. The third-order valence-corrected chi connectivity index (χ3v) is 4.95. The highest BCUT2D eigenvalue weighted by atomic mass is 16.5. The average molecular weight is 383 g/mol. The van der Waals surface area contributed by atoms with Crippen LogP contribution in [0.4, 0.5) is 0 Å². The number of nitrogens with two attached hydrogens (primary N) is 1. The number of pyridine rings is 1.